The predicted molar refractivity (Wildman–Crippen MR) is 44.3 cm³/mol. The molecule has 0 aromatic carbocycles. The van der Waals surface area contributed by atoms with Crippen LogP contribution in [0.1, 0.15) is 33.1 Å². The van der Waals surface area contributed by atoms with Crippen molar-refractivity contribution in [3.8, 4) is 0 Å². The lowest BCUT2D eigenvalue weighted by atomic mass is 10.2. The van der Waals surface area contributed by atoms with E-state index in [1.807, 2.05) is 6.92 Å². The van der Waals surface area contributed by atoms with Crippen LogP contribution in [-0.2, 0) is 9.78 Å². The summed E-state index contributed by atoms with van der Waals surface area (Å²) in [4.78, 5) is 9.40. The summed E-state index contributed by atoms with van der Waals surface area (Å²) >= 11 is 0. The van der Waals surface area contributed by atoms with Gasteiger partial charge in [-0.2, -0.15) is 0 Å². The lowest BCUT2D eigenvalue weighted by molar-refractivity contribution is -0.416. The largest absolute Gasteiger partial charge is 0.396 e. The third-order valence-electron chi connectivity index (χ3n) is 1.40. The molecular weight excluding hydrogens is 160 g/mol. The molecule has 0 heterocycles. The number of aliphatic hydroxyl groups is 2. The fourth-order valence-electron chi connectivity index (χ4n) is 0.621. The first-order valence-electron chi connectivity index (χ1n) is 4.26. The minimum Gasteiger partial charge on any atom is -0.396 e. The summed E-state index contributed by atoms with van der Waals surface area (Å²) in [5.41, 5.74) is 0. The van der Waals surface area contributed by atoms with Crippen LogP contribution in [0.25, 0.3) is 0 Å². The number of hydrogen-bond acceptors (Lipinski definition) is 4. The Morgan fingerprint density at radius 3 is 2.58 bits per heavy atom. The van der Waals surface area contributed by atoms with E-state index in [0.717, 1.165) is 12.8 Å². The molecule has 0 radical (unpaired) electrons. The quantitative estimate of drug-likeness (QED) is 0.262. The Kier molecular flexibility index (Phi) is 6.28. The van der Waals surface area contributed by atoms with Crippen molar-refractivity contribution < 1.29 is 20.0 Å². The molecule has 4 nitrogen and oxygen atoms in total. The van der Waals surface area contributed by atoms with Gasteiger partial charge in [0.15, 0.2) is 5.79 Å². The number of hydrogen-bond donors (Lipinski definition) is 2. The van der Waals surface area contributed by atoms with Crippen molar-refractivity contribution in [2.75, 3.05) is 13.2 Å². The molecule has 0 fully saturated rings. The highest BCUT2D eigenvalue weighted by Gasteiger charge is 2.21. The SMILES string of the molecule is CCCCOOC(C)(O)CCO. The van der Waals surface area contributed by atoms with E-state index >= 15 is 0 Å². The number of unbranched alkanes of at least 4 members (excludes halogenated alkanes) is 1. The number of rotatable bonds is 7. The third kappa shape index (κ3) is 6.54. The van der Waals surface area contributed by atoms with Crippen LogP contribution in [0.2, 0.25) is 0 Å². The molecule has 0 aromatic heterocycles. The molecule has 0 bridgehead atoms. The molecule has 74 valence electrons. The molecule has 0 aliphatic rings. The van der Waals surface area contributed by atoms with Gasteiger partial charge < -0.3 is 10.2 Å². The van der Waals surface area contributed by atoms with Crippen LogP contribution < -0.4 is 0 Å². The van der Waals surface area contributed by atoms with E-state index in [1.165, 1.54) is 6.92 Å². The normalized spacial score (nSPS) is 16.0. The van der Waals surface area contributed by atoms with Gasteiger partial charge in [0, 0.05) is 13.0 Å². The highest BCUT2D eigenvalue weighted by molar-refractivity contribution is 4.55. The standard InChI is InChI=1S/C8H18O4/c1-3-4-7-11-12-8(2,10)5-6-9/h9-10H,3-7H2,1-2H3. The van der Waals surface area contributed by atoms with E-state index in [1.54, 1.807) is 0 Å². The predicted octanol–water partition coefficient (Wildman–Crippen LogP) is 0.826. The average molecular weight is 178 g/mol. The van der Waals surface area contributed by atoms with Crippen molar-refractivity contribution in [3.63, 3.8) is 0 Å². The maximum Gasteiger partial charge on any atom is 0.198 e. The lowest BCUT2D eigenvalue weighted by Gasteiger charge is -2.20. The molecule has 0 aliphatic carbocycles. The third-order valence-corrected chi connectivity index (χ3v) is 1.40. The van der Waals surface area contributed by atoms with Gasteiger partial charge in [-0.15, -0.1) is 0 Å². The van der Waals surface area contributed by atoms with E-state index in [2.05, 4.69) is 4.89 Å². The fraction of sp³-hybridized carbons (Fsp3) is 1.00. The van der Waals surface area contributed by atoms with Gasteiger partial charge in [-0.1, -0.05) is 13.3 Å². The zero-order valence-corrected chi connectivity index (χ0v) is 7.75. The Hall–Kier alpha value is -0.160. The molecule has 2 N–H and O–H groups in total. The van der Waals surface area contributed by atoms with E-state index in [4.69, 9.17) is 9.99 Å². The van der Waals surface area contributed by atoms with Crippen molar-refractivity contribution >= 4 is 0 Å². The smallest absolute Gasteiger partial charge is 0.198 e. The summed E-state index contributed by atoms with van der Waals surface area (Å²) in [5.74, 6) is -1.37. The minimum atomic E-state index is -1.37. The summed E-state index contributed by atoms with van der Waals surface area (Å²) in [6, 6.07) is 0. The van der Waals surface area contributed by atoms with Crippen LogP contribution in [-0.4, -0.2) is 29.2 Å². The van der Waals surface area contributed by atoms with E-state index in [0.29, 0.717) is 6.61 Å². The molecule has 0 saturated heterocycles. The van der Waals surface area contributed by atoms with Gasteiger partial charge in [0.05, 0.1) is 6.61 Å². The maximum atomic E-state index is 9.31. The van der Waals surface area contributed by atoms with Gasteiger partial charge in [0.2, 0.25) is 0 Å². The van der Waals surface area contributed by atoms with Gasteiger partial charge in [-0.25, -0.2) is 9.78 Å². The molecule has 1 atom stereocenters. The van der Waals surface area contributed by atoms with Gasteiger partial charge >= 0.3 is 0 Å². The first kappa shape index (κ1) is 11.8. The fourth-order valence-corrected chi connectivity index (χ4v) is 0.621. The van der Waals surface area contributed by atoms with Crippen molar-refractivity contribution in [2.45, 2.75) is 38.9 Å². The van der Waals surface area contributed by atoms with Crippen LogP contribution in [0.5, 0.6) is 0 Å². The van der Waals surface area contributed by atoms with Crippen LogP contribution in [0.15, 0.2) is 0 Å². The second-order valence-electron chi connectivity index (χ2n) is 2.91. The van der Waals surface area contributed by atoms with Crippen molar-refractivity contribution in [1.29, 1.82) is 0 Å². The van der Waals surface area contributed by atoms with Crippen LogP contribution in [0, 0.1) is 0 Å². The van der Waals surface area contributed by atoms with Crippen molar-refractivity contribution in [3.05, 3.63) is 0 Å². The van der Waals surface area contributed by atoms with Crippen LogP contribution in [0.4, 0.5) is 0 Å². The first-order chi connectivity index (χ1) is 5.62. The summed E-state index contributed by atoms with van der Waals surface area (Å²) < 4.78 is 0. The Bertz CT molecular complexity index is 103. The zero-order chi connectivity index (χ0) is 9.45. The summed E-state index contributed by atoms with van der Waals surface area (Å²) in [6.07, 6.45) is 2.07. The Labute approximate surface area is 73.0 Å². The van der Waals surface area contributed by atoms with Gasteiger partial charge in [0.25, 0.3) is 0 Å². The molecule has 0 aromatic rings. The highest BCUT2D eigenvalue weighted by Crippen LogP contribution is 2.10. The van der Waals surface area contributed by atoms with Crippen molar-refractivity contribution in [1.82, 2.24) is 0 Å². The second-order valence-corrected chi connectivity index (χ2v) is 2.91. The second kappa shape index (κ2) is 6.37. The molecule has 12 heavy (non-hydrogen) atoms. The Balaban J connectivity index is 3.33. The maximum absolute atomic E-state index is 9.31. The zero-order valence-electron chi connectivity index (χ0n) is 7.75. The van der Waals surface area contributed by atoms with Crippen molar-refractivity contribution in [2.24, 2.45) is 0 Å². The van der Waals surface area contributed by atoms with Gasteiger partial charge in [-0.05, 0) is 13.3 Å². The average Bonchev–Trinajstić information content (AvgIpc) is 1.98. The van der Waals surface area contributed by atoms with Crippen LogP contribution >= 0.6 is 0 Å². The molecule has 0 amide bonds. The first-order valence-corrected chi connectivity index (χ1v) is 4.26. The molecular formula is C8H18O4. The lowest BCUT2D eigenvalue weighted by Crippen LogP contribution is -2.29. The Morgan fingerprint density at radius 2 is 2.08 bits per heavy atom. The summed E-state index contributed by atoms with van der Waals surface area (Å²) in [6.45, 7) is 3.84. The summed E-state index contributed by atoms with van der Waals surface area (Å²) in [5, 5.41) is 17.8. The summed E-state index contributed by atoms with van der Waals surface area (Å²) in [7, 11) is 0. The monoisotopic (exact) mass is 178 g/mol. The minimum absolute atomic E-state index is 0.121. The van der Waals surface area contributed by atoms with Gasteiger partial charge in [0.1, 0.15) is 0 Å². The topological polar surface area (TPSA) is 58.9 Å². The number of aliphatic hydroxyl groups excluding tert-OH is 1. The van der Waals surface area contributed by atoms with Gasteiger partial charge in [-0.3, -0.25) is 0 Å². The molecule has 0 aliphatic heterocycles. The molecule has 0 spiro atoms. The Morgan fingerprint density at radius 1 is 1.42 bits per heavy atom. The molecule has 0 rings (SSSR count). The van der Waals surface area contributed by atoms with Crippen LogP contribution in [0.3, 0.4) is 0 Å². The molecule has 0 saturated carbocycles. The molecule has 1 unspecified atom stereocenters. The van der Waals surface area contributed by atoms with E-state index in [9.17, 15) is 5.11 Å². The van der Waals surface area contributed by atoms with E-state index < -0.39 is 5.79 Å². The molecule has 4 heteroatoms. The highest BCUT2D eigenvalue weighted by atomic mass is 17.2. The van der Waals surface area contributed by atoms with E-state index in [-0.39, 0.29) is 13.0 Å².